The molecule has 2 heterocycles. The van der Waals surface area contributed by atoms with Crippen LogP contribution in [0.4, 0.5) is 0 Å². The molecule has 1 atom stereocenters. The van der Waals surface area contributed by atoms with Gasteiger partial charge in [-0.15, -0.1) is 0 Å². The van der Waals surface area contributed by atoms with Crippen LogP contribution < -0.4 is 0 Å². The monoisotopic (exact) mass is 388 g/mol. The van der Waals surface area contributed by atoms with E-state index in [9.17, 15) is 4.79 Å². The van der Waals surface area contributed by atoms with E-state index in [2.05, 4.69) is 61.2 Å². The number of carbonyl (C=O) groups excluding carboxylic acids is 1. The van der Waals surface area contributed by atoms with Gasteiger partial charge in [0.15, 0.2) is 5.78 Å². The number of hydrogen-bond donors (Lipinski definition) is 1. The predicted octanol–water partition coefficient (Wildman–Crippen LogP) is 5.43. The molecule has 0 spiro atoms. The topological polar surface area (TPSA) is 36.1 Å². The number of benzene rings is 2. The third-order valence-corrected chi connectivity index (χ3v) is 6.27. The van der Waals surface area contributed by atoms with Crippen molar-refractivity contribution in [3.05, 3.63) is 70.9 Å². The van der Waals surface area contributed by atoms with Crippen LogP contribution in [0.15, 0.2) is 48.7 Å². The smallest absolute Gasteiger partial charge is 0.167 e. The average Bonchev–Trinajstić information content (AvgIpc) is 3.28. The number of aromatic amines is 1. The van der Waals surface area contributed by atoms with Gasteiger partial charge in [0.2, 0.25) is 0 Å². The van der Waals surface area contributed by atoms with Gasteiger partial charge in [0.05, 0.1) is 0 Å². The molecular weight excluding hydrogens is 356 g/mol. The molecule has 4 rings (SSSR count). The molecule has 3 heteroatoms. The van der Waals surface area contributed by atoms with E-state index in [1.165, 1.54) is 35.9 Å². The number of H-pyrrole nitrogens is 1. The molecule has 0 amide bonds. The molecule has 152 valence electrons. The highest BCUT2D eigenvalue weighted by molar-refractivity contribution is 5.99. The minimum Gasteiger partial charge on any atom is -0.361 e. The van der Waals surface area contributed by atoms with Crippen molar-refractivity contribution in [2.45, 2.75) is 52.0 Å². The van der Waals surface area contributed by atoms with E-state index in [-0.39, 0.29) is 5.78 Å². The van der Waals surface area contributed by atoms with Gasteiger partial charge in [-0.3, -0.25) is 4.79 Å². The number of likely N-dealkylation sites (tertiary alicyclic amines) is 1. The summed E-state index contributed by atoms with van der Waals surface area (Å²) in [6.07, 6.45) is 7.19. The van der Waals surface area contributed by atoms with Gasteiger partial charge in [0.25, 0.3) is 0 Å². The van der Waals surface area contributed by atoms with Crippen LogP contribution in [0.1, 0.15) is 53.7 Å². The minimum atomic E-state index is 0.216. The van der Waals surface area contributed by atoms with E-state index in [1.807, 2.05) is 18.2 Å². The normalized spacial score (nSPS) is 17.4. The summed E-state index contributed by atoms with van der Waals surface area (Å²) in [7, 11) is 2.23. The maximum absolute atomic E-state index is 13.1. The maximum atomic E-state index is 13.1. The molecule has 1 saturated heterocycles. The standard InChI is InChI=1S/C26H32N2O/c1-18(2)13-20-7-4-5-9-23(20)26(29)15-19-10-11-25-24(14-19)21(17-27-25)16-22-8-6-12-28(22)3/h4-5,7,9-11,14,17-18,22,27H,6,8,12-13,15-16H2,1-3H3. The second-order valence-electron chi connectivity index (χ2n) is 9.03. The number of nitrogens with zero attached hydrogens (tertiary/aromatic N) is 1. The predicted molar refractivity (Wildman–Crippen MR) is 121 cm³/mol. The Labute approximate surface area is 174 Å². The summed E-state index contributed by atoms with van der Waals surface area (Å²) in [5.41, 5.74) is 5.68. The van der Waals surface area contributed by atoms with Gasteiger partial charge in [0, 0.05) is 35.1 Å². The van der Waals surface area contributed by atoms with Crippen molar-refractivity contribution in [3.63, 3.8) is 0 Å². The molecule has 1 unspecified atom stereocenters. The van der Waals surface area contributed by atoms with Gasteiger partial charge >= 0.3 is 0 Å². The fourth-order valence-corrected chi connectivity index (χ4v) is 4.69. The van der Waals surface area contributed by atoms with Gasteiger partial charge in [-0.1, -0.05) is 44.2 Å². The highest BCUT2D eigenvalue weighted by Gasteiger charge is 2.22. The van der Waals surface area contributed by atoms with Crippen LogP contribution >= 0.6 is 0 Å². The number of rotatable bonds is 7. The van der Waals surface area contributed by atoms with E-state index in [1.54, 1.807) is 0 Å². The molecule has 0 bridgehead atoms. The number of fused-ring (bicyclic) bond motifs is 1. The zero-order valence-electron chi connectivity index (χ0n) is 17.9. The molecule has 3 aromatic rings. The Kier molecular flexibility index (Phi) is 5.86. The van der Waals surface area contributed by atoms with E-state index >= 15 is 0 Å². The quantitative estimate of drug-likeness (QED) is 0.548. The van der Waals surface area contributed by atoms with Gasteiger partial charge in [-0.2, -0.15) is 0 Å². The van der Waals surface area contributed by atoms with E-state index in [0.29, 0.717) is 18.4 Å². The summed E-state index contributed by atoms with van der Waals surface area (Å²) in [5.74, 6) is 0.754. The first-order valence-corrected chi connectivity index (χ1v) is 10.9. The number of hydrogen-bond acceptors (Lipinski definition) is 2. The van der Waals surface area contributed by atoms with Crippen molar-refractivity contribution in [1.29, 1.82) is 0 Å². The van der Waals surface area contributed by atoms with E-state index < -0.39 is 0 Å². The summed E-state index contributed by atoms with van der Waals surface area (Å²) < 4.78 is 0. The third-order valence-electron chi connectivity index (χ3n) is 6.27. The summed E-state index contributed by atoms with van der Waals surface area (Å²) in [5, 5.41) is 1.27. The van der Waals surface area contributed by atoms with Crippen molar-refractivity contribution in [1.82, 2.24) is 9.88 Å². The minimum absolute atomic E-state index is 0.216. The van der Waals surface area contributed by atoms with Crippen molar-refractivity contribution in [2.24, 2.45) is 5.92 Å². The second kappa shape index (κ2) is 8.54. The summed E-state index contributed by atoms with van der Waals surface area (Å²) in [4.78, 5) is 19.0. The molecule has 1 aliphatic heterocycles. The second-order valence-corrected chi connectivity index (χ2v) is 9.03. The molecule has 3 nitrogen and oxygen atoms in total. The number of ketones is 1. The molecule has 1 aromatic heterocycles. The van der Waals surface area contributed by atoms with Crippen LogP contribution in [-0.4, -0.2) is 35.3 Å². The largest absolute Gasteiger partial charge is 0.361 e. The van der Waals surface area contributed by atoms with Crippen molar-refractivity contribution < 1.29 is 4.79 Å². The van der Waals surface area contributed by atoms with Crippen molar-refractivity contribution in [3.8, 4) is 0 Å². The highest BCUT2D eigenvalue weighted by atomic mass is 16.1. The third kappa shape index (κ3) is 4.45. The number of carbonyl (C=O) groups is 1. The zero-order valence-corrected chi connectivity index (χ0v) is 17.9. The molecule has 29 heavy (non-hydrogen) atoms. The number of Topliss-reactive ketones (excluding diaryl/α,β-unsaturated/α-hetero) is 1. The highest BCUT2D eigenvalue weighted by Crippen LogP contribution is 2.26. The van der Waals surface area contributed by atoms with Crippen LogP contribution in [0.25, 0.3) is 10.9 Å². The Bertz CT molecular complexity index is 1000. The molecule has 1 N–H and O–H groups in total. The lowest BCUT2D eigenvalue weighted by molar-refractivity contribution is 0.0992. The first-order valence-electron chi connectivity index (χ1n) is 10.9. The first-order chi connectivity index (χ1) is 14.0. The lowest BCUT2D eigenvalue weighted by Gasteiger charge is -2.18. The number of aromatic nitrogens is 1. The Morgan fingerprint density at radius 1 is 1.17 bits per heavy atom. The molecule has 2 aromatic carbocycles. The maximum Gasteiger partial charge on any atom is 0.167 e. The molecule has 0 radical (unpaired) electrons. The Balaban J connectivity index is 1.55. The van der Waals surface area contributed by atoms with Gasteiger partial charge in [0.1, 0.15) is 0 Å². The lowest BCUT2D eigenvalue weighted by atomic mass is 9.93. The molecule has 1 fully saturated rings. The van der Waals surface area contributed by atoms with E-state index in [4.69, 9.17) is 0 Å². The summed E-state index contributed by atoms with van der Waals surface area (Å²) in [6.45, 7) is 5.59. The molecule has 0 aliphatic carbocycles. The van der Waals surface area contributed by atoms with Crippen molar-refractivity contribution >= 4 is 16.7 Å². The summed E-state index contributed by atoms with van der Waals surface area (Å²) >= 11 is 0. The van der Waals surface area contributed by atoms with Crippen LogP contribution in [0.3, 0.4) is 0 Å². The molecule has 0 saturated carbocycles. The Morgan fingerprint density at radius 3 is 2.76 bits per heavy atom. The fraction of sp³-hybridized carbons (Fsp3) is 0.423. The Hall–Kier alpha value is -2.39. The van der Waals surface area contributed by atoms with Crippen LogP contribution in [0.5, 0.6) is 0 Å². The Morgan fingerprint density at radius 2 is 2.00 bits per heavy atom. The van der Waals surface area contributed by atoms with Crippen molar-refractivity contribution in [2.75, 3.05) is 13.6 Å². The van der Waals surface area contributed by atoms with Crippen LogP contribution in [-0.2, 0) is 19.3 Å². The van der Waals surface area contributed by atoms with E-state index in [0.717, 1.165) is 29.5 Å². The van der Waals surface area contributed by atoms with Gasteiger partial charge in [-0.05, 0) is 74.0 Å². The van der Waals surface area contributed by atoms with Gasteiger partial charge < -0.3 is 9.88 Å². The number of likely N-dealkylation sites (N-methyl/N-ethyl adjacent to an activating group) is 1. The van der Waals surface area contributed by atoms with Gasteiger partial charge in [-0.25, -0.2) is 0 Å². The van der Waals surface area contributed by atoms with Crippen LogP contribution in [0.2, 0.25) is 0 Å². The first kappa shape index (κ1) is 19.9. The summed E-state index contributed by atoms with van der Waals surface area (Å²) in [6, 6.07) is 15.2. The zero-order chi connectivity index (χ0) is 20.4. The lowest BCUT2D eigenvalue weighted by Crippen LogP contribution is -2.26. The molecule has 1 aliphatic rings. The number of nitrogens with one attached hydrogen (secondary N) is 1. The SMILES string of the molecule is CC(C)Cc1ccccc1C(=O)Cc1ccc2[nH]cc(CC3CCCN3C)c2c1. The molecular formula is C26H32N2O. The average molecular weight is 389 g/mol. The van der Waals surface area contributed by atoms with Crippen LogP contribution in [0, 0.1) is 5.92 Å². The fourth-order valence-electron chi connectivity index (χ4n) is 4.69.